The molecule has 3 rings (SSSR count). The van der Waals surface area contributed by atoms with Crippen LogP contribution in [0.1, 0.15) is 11.1 Å². The van der Waals surface area contributed by atoms with Crippen molar-refractivity contribution in [3.63, 3.8) is 0 Å². The second-order valence-corrected chi connectivity index (χ2v) is 6.22. The van der Waals surface area contributed by atoms with Crippen LogP contribution in [0.3, 0.4) is 0 Å². The van der Waals surface area contributed by atoms with Gasteiger partial charge in [0.05, 0.1) is 16.4 Å². The summed E-state index contributed by atoms with van der Waals surface area (Å²) < 4.78 is 1.03. The van der Waals surface area contributed by atoms with E-state index in [2.05, 4.69) is 44.3 Å². The molecule has 0 aliphatic rings. The van der Waals surface area contributed by atoms with E-state index in [1.54, 1.807) is 35.6 Å². The summed E-state index contributed by atoms with van der Waals surface area (Å²) in [7, 11) is 0. The summed E-state index contributed by atoms with van der Waals surface area (Å²) in [5.41, 5.74) is 6.20. The maximum atomic E-state index is 4.29. The summed E-state index contributed by atoms with van der Waals surface area (Å²) in [6, 6.07) is 8.25. The summed E-state index contributed by atoms with van der Waals surface area (Å²) in [6.07, 6.45) is 5.42. The van der Waals surface area contributed by atoms with E-state index in [1.165, 1.54) is 4.90 Å². The summed E-state index contributed by atoms with van der Waals surface area (Å²) in [6.45, 7) is 2.05. The zero-order chi connectivity index (χ0) is 14.7. The first-order valence-electron chi connectivity index (χ1n) is 6.40. The SMILES string of the molecule is CSc1ccc(C=NNc2ncnc3c(C)csc23)cc1. The molecule has 0 aliphatic heterocycles. The highest BCUT2D eigenvalue weighted by molar-refractivity contribution is 7.98. The van der Waals surface area contributed by atoms with Crippen LogP contribution in [0, 0.1) is 6.92 Å². The number of aromatic nitrogens is 2. The van der Waals surface area contributed by atoms with Crippen LogP contribution in [-0.4, -0.2) is 22.4 Å². The largest absolute Gasteiger partial charge is 0.260 e. The van der Waals surface area contributed by atoms with E-state index in [0.717, 1.165) is 27.2 Å². The molecule has 0 aliphatic carbocycles. The van der Waals surface area contributed by atoms with E-state index in [-0.39, 0.29) is 0 Å². The average Bonchev–Trinajstić information content (AvgIpc) is 2.91. The molecule has 6 heteroatoms. The zero-order valence-electron chi connectivity index (χ0n) is 11.7. The van der Waals surface area contributed by atoms with E-state index >= 15 is 0 Å². The van der Waals surface area contributed by atoms with Crippen molar-refractivity contribution in [2.24, 2.45) is 5.10 Å². The van der Waals surface area contributed by atoms with Gasteiger partial charge in [0.2, 0.25) is 0 Å². The van der Waals surface area contributed by atoms with Crippen molar-refractivity contribution in [2.45, 2.75) is 11.8 Å². The van der Waals surface area contributed by atoms with Gasteiger partial charge < -0.3 is 0 Å². The molecule has 0 saturated carbocycles. The Bertz CT molecular complexity index is 778. The molecule has 4 nitrogen and oxygen atoms in total. The molecule has 0 fully saturated rings. The Labute approximate surface area is 131 Å². The monoisotopic (exact) mass is 314 g/mol. The Morgan fingerprint density at radius 3 is 2.81 bits per heavy atom. The molecule has 0 bridgehead atoms. The van der Waals surface area contributed by atoms with Gasteiger partial charge in [-0.1, -0.05) is 12.1 Å². The van der Waals surface area contributed by atoms with Gasteiger partial charge >= 0.3 is 0 Å². The second kappa shape index (κ2) is 6.24. The van der Waals surface area contributed by atoms with E-state index < -0.39 is 0 Å². The van der Waals surface area contributed by atoms with Crippen molar-refractivity contribution in [1.29, 1.82) is 0 Å². The number of nitrogens with one attached hydrogen (secondary N) is 1. The quantitative estimate of drug-likeness (QED) is 0.446. The minimum atomic E-state index is 0.745. The number of hydrogen-bond acceptors (Lipinski definition) is 6. The lowest BCUT2D eigenvalue weighted by Crippen LogP contribution is -1.94. The topological polar surface area (TPSA) is 50.2 Å². The number of fused-ring (bicyclic) bond motifs is 1. The summed E-state index contributed by atoms with van der Waals surface area (Å²) in [5, 5.41) is 6.34. The molecular formula is C15H14N4S2. The molecule has 1 aromatic carbocycles. The zero-order valence-corrected chi connectivity index (χ0v) is 13.3. The number of aryl methyl sites for hydroxylation is 1. The molecule has 1 N–H and O–H groups in total. The van der Waals surface area contributed by atoms with E-state index in [1.807, 2.05) is 19.1 Å². The van der Waals surface area contributed by atoms with Crippen molar-refractivity contribution < 1.29 is 0 Å². The molecule has 0 atom stereocenters. The molecular weight excluding hydrogens is 300 g/mol. The number of thiophene rings is 1. The third kappa shape index (κ3) is 3.06. The number of rotatable bonds is 4. The van der Waals surface area contributed by atoms with Crippen molar-refractivity contribution in [1.82, 2.24) is 9.97 Å². The lowest BCUT2D eigenvalue weighted by atomic mass is 10.2. The third-order valence-electron chi connectivity index (χ3n) is 3.03. The minimum absolute atomic E-state index is 0.745. The normalized spacial score (nSPS) is 11.3. The molecule has 0 unspecified atom stereocenters. The Kier molecular flexibility index (Phi) is 4.17. The van der Waals surface area contributed by atoms with Gasteiger partial charge in [-0.3, -0.25) is 5.43 Å². The van der Waals surface area contributed by atoms with Crippen molar-refractivity contribution in [3.8, 4) is 0 Å². The average molecular weight is 314 g/mol. The maximum Gasteiger partial charge on any atom is 0.167 e. The minimum Gasteiger partial charge on any atom is -0.260 e. The number of hydrogen-bond donors (Lipinski definition) is 1. The summed E-state index contributed by atoms with van der Waals surface area (Å²) >= 11 is 3.35. The fraction of sp³-hybridized carbons (Fsp3) is 0.133. The summed E-state index contributed by atoms with van der Waals surface area (Å²) in [4.78, 5) is 9.78. The van der Waals surface area contributed by atoms with Crippen LogP contribution in [0.25, 0.3) is 10.2 Å². The lowest BCUT2D eigenvalue weighted by Gasteiger charge is -2.00. The second-order valence-electron chi connectivity index (χ2n) is 4.46. The number of benzene rings is 1. The van der Waals surface area contributed by atoms with Gasteiger partial charge in [0.25, 0.3) is 0 Å². The first-order chi connectivity index (χ1) is 10.3. The first kappa shape index (κ1) is 14.0. The number of anilines is 1. The Balaban J connectivity index is 1.77. The van der Waals surface area contributed by atoms with Crippen molar-refractivity contribution >= 4 is 45.3 Å². The number of nitrogens with zero attached hydrogens (tertiary/aromatic N) is 3. The van der Waals surface area contributed by atoms with Crippen LogP contribution in [0.5, 0.6) is 0 Å². The van der Waals surface area contributed by atoms with Gasteiger partial charge in [-0.15, -0.1) is 23.1 Å². The molecule has 0 saturated heterocycles. The highest BCUT2D eigenvalue weighted by atomic mass is 32.2. The Hall–Kier alpha value is -1.92. The van der Waals surface area contributed by atoms with Gasteiger partial charge in [-0.05, 0) is 41.8 Å². The van der Waals surface area contributed by atoms with Crippen molar-refractivity contribution in [3.05, 3.63) is 47.1 Å². The van der Waals surface area contributed by atoms with E-state index in [9.17, 15) is 0 Å². The Morgan fingerprint density at radius 1 is 1.24 bits per heavy atom. The van der Waals surface area contributed by atoms with Crippen LogP contribution < -0.4 is 5.43 Å². The smallest absolute Gasteiger partial charge is 0.167 e. The molecule has 3 aromatic rings. The Morgan fingerprint density at radius 2 is 2.05 bits per heavy atom. The van der Waals surface area contributed by atoms with Crippen molar-refractivity contribution in [2.75, 3.05) is 11.7 Å². The van der Waals surface area contributed by atoms with Gasteiger partial charge in [0, 0.05) is 4.90 Å². The van der Waals surface area contributed by atoms with Crippen LogP contribution in [0.4, 0.5) is 5.82 Å². The predicted molar refractivity (Wildman–Crippen MR) is 91.6 cm³/mol. The van der Waals surface area contributed by atoms with Crippen LogP contribution in [-0.2, 0) is 0 Å². The fourth-order valence-electron chi connectivity index (χ4n) is 1.91. The van der Waals surface area contributed by atoms with Crippen LogP contribution in [0.15, 0.2) is 46.0 Å². The standard InChI is InChI=1S/C15H14N4S2/c1-10-8-21-14-13(10)16-9-17-15(14)19-18-7-11-3-5-12(20-2)6-4-11/h3-9H,1-2H3,(H,16,17,19). The first-order valence-corrected chi connectivity index (χ1v) is 8.50. The molecule has 2 heterocycles. The lowest BCUT2D eigenvalue weighted by molar-refractivity contribution is 1.18. The van der Waals surface area contributed by atoms with Crippen LogP contribution in [0.2, 0.25) is 0 Å². The molecule has 0 spiro atoms. The molecule has 106 valence electrons. The van der Waals surface area contributed by atoms with E-state index in [4.69, 9.17) is 0 Å². The highest BCUT2D eigenvalue weighted by Gasteiger charge is 2.06. The number of thioether (sulfide) groups is 1. The summed E-state index contributed by atoms with van der Waals surface area (Å²) in [5.74, 6) is 0.745. The van der Waals surface area contributed by atoms with Crippen LogP contribution >= 0.6 is 23.1 Å². The molecule has 21 heavy (non-hydrogen) atoms. The van der Waals surface area contributed by atoms with Gasteiger partial charge in [-0.2, -0.15) is 5.10 Å². The maximum absolute atomic E-state index is 4.29. The highest BCUT2D eigenvalue weighted by Crippen LogP contribution is 2.28. The fourth-order valence-corrected chi connectivity index (χ4v) is 3.26. The molecule has 0 radical (unpaired) electrons. The molecule has 2 aromatic heterocycles. The molecule has 0 amide bonds. The van der Waals surface area contributed by atoms with Gasteiger partial charge in [0.15, 0.2) is 5.82 Å². The number of hydrazone groups is 1. The third-order valence-corrected chi connectivity index (χ3v) is 4.87. The predicted octanol–water partition coefficient (Wildman–Crippen LogP) is 4.17. The van der Waals surface area contributed by atoms with Gasteiger partial charge in [0.1, 0.15) is 6.33 Å². The van der Waals surface area contributed by atoms with E-state index in [0.29, 0.717) is 0 Å². The van der Waals surface area contributed by atoms with Gasteiger partial charge in [-0.25, -0.2) is 9.97 Å².